The van der Waals surface area contributed by atoms with Gasteiger partial charge in [0.15, 0.2) is 5.69 Å². The van der Waals surface area contributed by atoms with Crippen LogP contribution in [0.2, 0.25) is 0 Å². The standard InChI is InChI=1S/C24H22N4O5/c1-28-20(21(29)30)19(12-25-28)26-22(31)24(10-11-24)27-23(32)33-13-18-16-8-4-2-6-14(16)15-7-3-5-9-17(15)18/h2-9,12,18H,10-11,13H2,1H3,(H,26,31)(H,27,32)(H,29,30). The third-order valence-electron chi connectivity index (χ3n) is 6.26. The molecule has 3 aromatic rings. The average Bonchev–Trinajstić information content (AvgIpc) is 3.38. The maximum absolute atomic E-state index is 12.8. The number of aromatic carboxylic acids is 1. The molecule has 2 amide bonds. The summed E-state index contributed by atoms with van der Waals surface area (Å²) < 4.78 is 6.70. The zero-order valence-corrected chi connectivity index (χ0v) is 17.9. The van der Waals surface area contributed by atoms with Gasteiger partial charge in [-0.3, -0.25) is 9.48 Å². The number of hydrogen-bond donors (Lipinski definition) is 3. The van der Waals surface area contributed by atoms with Crippen molar-refractivity contribution in [3.8, 4) is 11.1 Å². The number of nitrogens with one attached hydrogen (secondary N) is 2. The molecule has 1 aromatic heterocycles. The highest BCUT2D eigenvalue weighted by molar-refractivity contribution is 6.05. The van der Waals surface area contributed by atoms with Crippen LogP contribution in [0, 0.1) is 0 Å². The second-order valence-corrected chi connectivity index (χ2v) is 8.32. The van der Waals surface area contributed by atoms with Gasteiger partial charge in [-0.1, -0.05) is 48.5 Å². The number of carbonyl (C=O) groups excluding carboxylic acids is 2. The zero-order valence-electron chi connectivity index (χ0n) is 17.9. The van der Waals surface area contributed by atoms with E-state index in [4.69, 9.17) is 4.74 Å². The third kappa shape index (κ3) is 3.61. The van der Waals surface area contributed by atoms with Crippen LogP contribution < -0.4 is 10.6 Å². The van der Waals surface area contributed by atoms with E-state index in [2.05, 4.69) is 27.9 Å². The number of anilines is 1. The molecule has 33 heavy (non-hydrogen) atoms. The maximum atomic E-state index is 12.8. The van der Waals surface area contributed by atoms with Crippen molar-refractivity contribution in [3.05, 3.63) is 71.5 Å². The fourth-order valence-corrected chi connectivity index (χ4v) is 4.39. The van der Waals surface area contributed by atoms with Crippen LogP contribution in [0.1, 0.15) is 40.4 Å². The topological polar surface area (TPSA) is 123 Å². The second-order valence-electron chi connectivity index (χ2n) is 8.32. The smallest absolute Gasteiger partial charge is 0.408 e. The van der Waals surface area contributed by atoms with Gasteiger partial charge in [0.1, 0.15) is 12.1 Å². The molecule has 0 aliphatic heterocycles. The number of fused-ring (bicyclic) bond motifs is 3. The van der Waals surface area contributed by atoms with Crippen molar-refractivity contribution in [2.24, 2.45) is 7.05 Å². The molecule has 0 spiro atoms. The van der Waals surface area contributed by atoms with Gasteiger partial charge in [0.05, 0.1) is 11.9 Å². The Balaban J connectivity index is 1.25. The van der Waals surface area contributed by atoms with E-state index in [1.807, 2.05) is 36.4 Å². The van der Waals surface area contributed by atoms with Gasteiger partial charge in [0.2, 0.25) is 5.91 Å². The van der Waals surface area contributed by atoms with Crippen LogP contribution in [-0.4, -0.2) is 45.0 Å². The first-order chi connectivity index (χ1) is 15.9. The normalized spacial score (nSPS) is 15.3. The number of nitrogens with zero attached hydrogens (tertiary/aromatic N) is 2. The molecule has 168 valence electrons. The average molecular weight is 446 g/mol. The quantitative estimate of drug-likeness (QED) is 0.535. The highest BCUT2D eigenvalue weighted by atomic mass is 16.5. The van der Waals surface area contributed by atoms with Crippen LogP contribution in [0.15, 0.2) is 54.7 Å². The maximum Gasteiger partial charge on any atom is 0.408 e. The predicted molar refractivity (Wildman–Crippen MR) is 119 cm³/mol. The largest absolute Gasteiger partial charge is 0.476 e. The third-order valence-corrected chi connectivity index (χ3v) is 6.26. The van der Waals surface area contributed by atoms with E-state index in [9.17, 15) is 19.5 Å². The number of alkyl carbamates (subject to hydrolysis) is 1. The Morgan fingerprint density at radius 1 is 1.09 bits per heavy atom. The fraction of sp³-hybridized carbons (Fsp3) is 0.250. The summed E-state index contributed by atoms with van der Waals surface area (Å²) in [6, 6.07) is 16.1. The van der Waals surface area contributed by atoms with Crippen molar-refractivity contribution in [1.82, 2.24) is 15.1 Å². The van der Waals surface area contributed by atoms with E-state index >= 15 is 0 Å². The van der Waals surface area contributed by atoms with Crippen molar-refractivity contribution in [1.29, 1.82) is 0 Å². The first kappa shape index (κ1) is 20.7. The Morgan fingerprint density at radius 2 is 1.70 bits per heavy atom. The summed E-state index contributed by atoms with van der Waals surface area (Å²) in [4.78, 5) is 36.8. The number of benzene rings is 2. The van der Waals surface area contributed by atoms with E-state index in [0.717, 1.165) is 26.9 Å². The Hall–Kier alpha value is -4.14. The number of carboxylic acids is 1. The van der Waals surface area contributed by atoms with Crippen molar-refractivity contribution >= 4 is 23.7 Å². The van der Waals surface area contributed by atoms with E-state index in [1.165, 1.54) is 13.2 Å². The van der Waals surface area contributed by atoms with Gasteiger partial charge in [-0.25, -0.2) is 9.59 Å². The zero-order chi connectivity index (χ0) is 23.2. The number of ether oxygens (including phenoxy) is 1. The summed E-state index contributed by atoms with van der Waals surface area (Å²) in [7, 11) is 1.47. The van der Waals surface area contributed by atoms with Crippen LogP contribution in [0.4, 0.5) is 10.5 Å². The molecule has 1 saturated carbocycles. The lowest BCUT2D eigenvalue weighted by molar-refractivity contribution is -0.119. The Labute approximate surface area is 189 Å². The molecular formula is C24H22N4O5. The van der Waals surface area contributed by atoms with Crippen LogP contribution >= 0.6 is 0 Å². The summed E-state index contributed by atoms with van der Waals surface area (Å²) in [6.07, 6.45) is 1.46. The predicted octanol–water partition coefficient (Wildman–Crippen LogP) is 3.13. The molecule has 9 heteroatoms. The summed E-state index contributed by atoms with van der Waals surface area (Å²) in [5.74, 6) is -1.79. The van der Waals surface area contributed by atoms with Gasteiger partial charge in [-0.15, -0.1) is 0 Å². The molecule has 0 unspecified atom stereocenters. The van der Waals surface area contributed by atoms with Gasteiger partial charge in [-0.2, -0.15) is 5.10 Å². The van der Waals surface area contributed by atoms with Crippen molar-refractivity contribution < 1.29 is 24.2 Å². The minimum absolute atomic E-state index is 0.0793. The highest BCUT2D eigenvalue weighted by Gasteiger charge is 2.52. The molecule has 0 radical (unpaired) electrons. The molecule has 0 saturated heterocycles. The monoisotopic (exact) mass is 446 g/mol. The van der Waals surface area contributed by atoms with Gasteiger partial charge in [0, 0.05) is 13.0 Å². The number of rotatable bonds is 6. The molecule has 3 N–H and O–H groups in total. The minimum atomic E-state index is -1.21. The fourth-order valence-electron chi connectivity index (χ4n) is 4.39. The first-order valence-electron chi connectivity index (χ1n) is 10.6. The van der Waals surface area contributed by atoms with E-state index in [-0.39, 0.29) is 23.9 Å². The Bertz CT molecular complexity index is 1230. The highest BCUT2D eigenvalue weighted by Crippen LogP contribution is 2.44. The SMILES string of the molecule is Cn1ncc(NC(=O)C2(NC(=O)OCC3c4ccccc4-c4ccccc43)CC2)c1C(=O)O. The molecular weight excluding hydrogens is 424 g/mol. The summed E-state index contributed by atoms with van der Waals surface area (Å²) in [5, 5.41) is 18.4. The van der Waals surface area contributed by atoms with Gasteiger partial charge < -0.3 is 20.5 Å². The number of aryl methyl sites for hydroxylation is 1. The minimum Gasteiger partial charge on any atom is -0.476 e. The molecule has 9 nitrogen and oxygen atoms in total. The summed E-state index contributed by atoms with van der Waals surface area (Å²) >= 11 is 0. The van der Waals surface area contributed by atoms with Gasteiger partial charge in [0.25, 0.3) is 0 Å². The molecule has 2 aliphatic rings. The Kier molecular flexibility index (Phi) is 4.88. The molecule has 1 fully saturated rings. The number of aromatic nitrogens is 2. The van der Waals surface area contributed by atoms with Gasteiger partial charge >= 0.3 is 12.1 Å². The van der Waals surface area contributed by atoms with Crippen LogP contribution in [0.3, 0.4) is 0 Å². The molecule has 2 aromatic carbocycles. The van der Waals surface area contributed by atoms with E-state index in [0.29, 0.717) is 12.8 Å². The first-order valence-corrected chi connectivity index (χ1v) is 10.6. The second kappa shape index (κ2) is 7.77. The summed E-state index contributed by atoms with van der Waals surface area (Å²) in [5.41, 5.74) is 3.28. The van der Waals surface area contributed by atoms with Crippen LogP contribution in [0.25, 0.3) is 11.1 Å². The number of hydrogen-bond acceptors (Lipinski definition) is 5. The molecule has 1 heterocycles. The lowest BCUT2D eigenvalue weighted by atomic mass is 9.98. The lowest BCUT2D eigenvalue weighted by Crippen LogP contribution is -2.46. The molecule has 0 atom stereocenters. The number of carbonyl (C=O) groups is 3. The molecule has 2 aliphatic carbocycles. The van der Waals surface area contributed by atoms with Gasteiger partial charge in [-0.05, 0) is 35.1 Å². The molecule has 0 bridgehead atoms. The van der Waals surface area contributed by atoms with Crippen molar-refractivity contribution in [2.45, 2.75) is 24.3 Å². The van der Waals surface area contributed by atoms with E-state index in [1.54, 1.807) is 0 Å². The van der Waals surface area contributed by atoms with E-state index < -0.39 is 23.5 Å². The van der Waals surface area contributed by atoms with Crippen LogP contribution in [-0.2, 0) is 16.6 Å². The Morgan fingerprint density at radius 3 is 2.27 bits per heavy atom. The van der Waals surface area contributed by atoms with Crippen molar-refractivity contribution in [3.63, 3.8) is 0 Å². The summed E-state index contributed by atoms with van der Waals surface area (Å²) in [6.45, 7) is 0.142. The lowest BCUT2D eigenvalue weighted by Gasteiger charge is -2.19. The van der Waals surface area contributed by atoms with Crippen molar-refractivity contribution in [2.75, 3.05) is 11.9 Å². The number of amides is 2. The number of carboxylic acid groups (broad SMARTS) is 1. The molecule has 5 rings (SSSR count). The van der Waals surface area contributed by atoms with Crippen LogP contribution in [0.5, 0.6) is 0 Å².